The van der Waals surface area contributed by atoms with Crippen LogP contribution in [0.3, 0.4) is 0 Å². The van der Waals surface area contributed by atoms with Crippen LogP contribution in [0.15, 0.2) is 17.7 Å². The van der Waals surface area contributed by atoms with Gasteiger partial charge in [0.15, 0.2) is 23.3 Å². The second-order valence-electron chi connectivity index (χ2n) is 5.70. The summed E-state index contributed by atoms with van der Waals surface area (Å²) in [4.78, 5) is 11.9. The number of hydrogen-bond donors (Lipinski definition) is 0. The van der Waals surface area contributed by atoms with Gasteiger partial charge >= 0.3 is 5.97 Å². The maximum atomic E-state index is 13.5. The number of ether oxygens (including phenoxy) is 1. The molecule has 0 N–H and O–H groups in total. The molecule has 0 heterocycles. The van der Waals surface area contributed by atoms with E-state index in [2.05, 4.69) is 0 Å². The Kier molecular flexibility index (Phi) is 4.52. The molecule has 2 nitrogen and oxygen atoms in total. The summed E-state index contributed by atoms with van der Waals surface area (Å²) in [5.41, 5.74) is -0.0676. The smallest absolute Gasteiger partial charge is 0.310 e. The molecule has 1 aliphatic rings. The number of allylic oxidation sites excluding steroid dienone is 1. The van der Waals surface area contributed by atoms with E-state index in [-0.39, 0.29) is 12.0 Å². The van der Waals surface area contributed by atoms with Crippen LogP contribution in [0.2, 0.25) is 0 Å². The molecule has 22 heavy (non-hydrogen) atoms. The zero-order valence-corrected chi connectivity index (χ0v) is 12.6. The molecule has 1 aromatic carbocycles. The summed E-state index contributed by atoms with van der Waals surface area (Å²) in [6, 6.07) is 0.0985. The van der Waals surface area contributed by atoms with Crippen LogP contribution in [0.25, 0.3) is 0 Å². The molecule has 7 heteroatoms. The van der Waals surface area contributed by atoms with Crippen molar-refractivity contribution in [3.8, 4) is 0 Å². The third-order valence-corrected chi connectivity index (χ3v) is 4.15. The Morgan fingerprint density at radius 2 is 1.82 bits per heavy atom. The molecule has 0 amide bonds. The monoisotopic (exact) mass is 336 g/mol. The van der Waals surface area contributed by atoms with E-state index >= 15 is 0 Å². The minimum Gasteiger partial charge on any atom is -0.460 e. The zero-order valence-electron chi connectivity index (χ0n) is 11.8. The molecule has 1 aliphatic carbocycles. The first kappa shape index (κ1) is 16.8. The van der Waals surface area contributed by atoms with Crippen LogP contribution >= 0.6 is 11.6 Å². The third kappa shape index (κ3) is 2.84. The molecule has 1 aromatic rings. The van der Waals surface area contributed by atoms with Gasteiger partial charge in [0.05, 0.1) is 11.5 Å². The fourth-order valence-electron chi connectivity index (χ4n) is 2.55. The lowest BCUT2D eigenvalue weighted by atomic mass is 10.1. The molecule has 0 aromatic heterocycles. The second kappa shape index (κ2) is 5.91. The summed E-state index contributed by atoms with van der Waals surface area (Å²) in [5, 5.41) is 0. The first-order valence-corrected chi connectivity index (χ1v) is 6.90. The van der Waals surface area contributed by atoms with Crippen LogP contribution in [0.5, 0.6) is 0 Å². The largest absolute Gasteiger partial charge is 0.460 e. The third-order valence-electron chi connectivity index (χ3n) is 4.01. The van der Waals surface area contributed by atoms with E-state index < -0.39 is 52.7 Å². The van der Waals surface area contributed by atoms with Crippen LogP contribution < -0.4 is 0 Å². The van der Waals surface area contributed by atoms with Gasteiger partial charge in [0.1, 0.15) is 6.61 Å². The van der Waals surface area contributed by atoms with Crippen LogP contribution in [-0.4, -0.2) is 5.97 Å². The van der Waals surface area contributed by atoms with Crippen molar-refractivity contribution in [2.45, 2.75) is 20.5 Å². The molecule has 0 bridgehead atoms. The highest BCUT2D eigenvalue weighted by Crippen LogP contribution is 2.59. The highest BCUT2D eigenvalue weighted by atomic mass is 35.5. The minimum atomic E-state index is -1.57. The lowest BCUT2D eigenvalue weighted by Crippen LogP contribution is -2.13. The number of esters is 1. The molecule has 120 valence electrons. The van der Waals surface area contributed by atoms with Crippen LogP contribution in [0, 0.1) is 40.5 Å². The zero-order chi connectivity index (χ0) is 16.7. The topological polar surface area (TPSA) is 26.3 Å². The Hall–Kier alpha value is -1.56. The SMILES string of the molecule is CC1(C)[C@H](/C=C/Cl)[C@H]1C(=O)OCc1c(F)c(F)cc(F)c1F. The molecule has 2 rings (SSSR count). The van der Waals surface area contributed by atoms with E-state index in [1.807, 2.05) is 13.8 Å². The second-order valence-corrected chi connectivity index (χ2v) is 5.95. The van der Waals surface area contributed by atoms with Gasteiger partial charge in [-0.1, -0.05) is 31.5 Å². The number of benzene rings is 1. The van der Waals surface area contributed by atoms with Crippen molar-refractivity contribution in [1.82, 2.24) is 0 Å². The lowest BCUT2D eigenvalue weighted by molar-refractivity contribution is -0.147. The maximum absolute atomic E-state index is 13.5. The fourth-order valence-corrected chi connectivity index (χ4v) is 2.70. The molecule has 0 unspecified atom stereocenters. The van der Waals surface area contributed by atoms with E-state index in [1.165, 1.54) is 5.54 Å². The summed E-state index contributed by atoms with van der Waals surface area (Å²) in [5.74, 6) is -7.60. The van der Waals surface area contributed by atoms with Gasteiger partial charge in [-0.25, -0.2) is 17.6 Å². The predicted octanol–water partition coefficient (Wildman–Crippen LogP) is 4.31. The van der Waals surface area contributed by atoms with Crippen molar-refractivity contribution in [1.29, 1.82) is 0 Å². The van der Waals surface area contributed by atoms with Crippen molar-refractivity contribution in [2.75, 3.05) is 0 Å². The number of carbonyl (C=O) groups excluding carboxylic acids is 1. The molecular weight excluding hydrogens is 324 g/mol. The standard InChI is InChI=1S/C15H13ClF4O2/c1-15(2)8(3-4-16)11(15)14(21)22-6-7-12(19)9(17)5-10(18)13(7)20/h3-5,8,11H,6H2,1-2H3/b4-3+/t8-,11+/m1/s1. The first-order chi connectivity index (χ1) is 10.2. The van der Waals surface area contributed by atoms with Crippen LogP contribution in [0.4, 0.5) is 17.6 Å². The Morgan fingerprint density at radius 3 is 2.32 bits per heavy atom. The molecule has 0 radical (unpaired) electrons. The number of carbonyl (C=O) groups is 1. The summed E-state index contributed by atoms with van der Waals surface area (Å²) in [6.45, 7) is 2.74. The van der Waals surface area contributed by atoms with Crippen molar-refractivity contribution in [3.05, 3.63) is 46.5 Å². The molecule has 1 saturated carbocycles. The minimum absolute atomic E-state index is 0.0985. The number of halogens is 5. The highest BCUT2D eigenvalue weighted by Gasteiger charge is 2.61. The van der Waals surface area contributed by atoms with Gasteiger partial charge < -0.3 is 4.74 Å². The molecule has 0 aliphatic heterocycles. The van der Waals surface area contributed by atoms with E-state index in [9.17, 15) is 22.4 Å². The number of rotatable bonds is 4. The van der Waals surface area contributed by atoms with Gasteiger partial charge in [0.2, 0.25) is 0 Å². The van der Waals surface area contributed by atoms with E-state index in [0.717, 1.165) is 0 Å². The Bertz CT molecular complexity index is 617. The highest BCUT2D eigenvalue weighted by molar-refractivity contribution is 6.25. The molecule has 2 atom stereocenters. The van der Waals surface area contributed by atoms with Gasteiger partial charge in [-0.2, -0.15) is 0 Å². The summed E-state index contributed by atoms with van der Waals surface area (Å²) < 4.78 is 57.8. The number of hydrogen-bond acceptors (Lipinski definition) is 2. The van der Waals surface area contributed by atoms with E-state index in [1.54, 1.807) is 6.08 Å². The summed E-state index contributed by atoms with van der Waals surface area (Å²) >= 11 is 5.47. The molecule has 0 saturated heterocycles. The van der Waals surface area contributed by atoms with Gasteiger partial charge in [-0.3, -0.25) is 4.79 Å². The van der Waals surface area contributed by atoms with Gasteiger partial charge in [0, 0.05) is 11.6 Å². The quantitative estimate of drug-likeness (QED) is 0.465. The van der Waals surface area contributed by atoms with Crippen molar-refractivity contribution in [3.63, 3.8) is 0 Å². The van der Waals surface area contributed by atoms with Crippen molar-refractivity contribution in [2.24, 2.45) is 17.3 Å². The summed E-state index contributed by atoms with van der Waals surface area (Å²) in [6.07, 6.45) is 1.62. The van der Waals surface area contributed by atoms with Gasteiger partial charge in [-0.15, -0.1) is 0 Å². The molecule has 0 spiro atoms. The maximum Gasteiger partial charge on any atom is 0.310 e. The van der Waals surface area contributed by atoms with Crippen LogP contribution in [-0.2, 0) is 16.1 Å². The first-order valence-electron chi connectivity index (χ1n) is 6.47. The fraction of sp³-hybridized carbons (Fsp3) is 0.400. The average molecular weight is 337 g/mol. The van der Waals surface area contributed by atoms with E-state index in [4.69, 9.17) is 16.3 Å². The van der Waals surface area contributed by atoms with Gasteiger partial charge in [0.25, 0.3) is 0 Å². The molecular formula is C15H13ClF4O2. The lowest BCUT2D eigenvalue weighted by Gasteiger charge is -2.09. The Labute approximate surface area is 129 Å². The predicted molar refractivity (Wildman–Crippen MR) is 71.8 cm³/mol. The Balaban J connectivity index is 2.10. The Morgan fingerprint density at radius 1 is 1.27 bits per heavy atom. The normalized spacial score (nSPS) is 22.9. The van der Waals surface area contributed by atoms with Gasteiger partial charge in [-0.05, 0) is 11.3 Å². The van der Waals surface area contributed by atoms with E-state index in [0.29, 0.717) is 0 Å². The van der Waals surface area contributed by atoms with Crippen molar-refractivity contribution >= 4 is 17.6 Å². The summed E-state index contributed by atoms with van der Waals surface area (Å²) in [7, 11) is 0. The van der Waals surface area contributed by atoms with Crippen LogP contribution in [0.1, 0.15) is 19.4 Å². The van der Waals surface area contributed by atoms with Crippen molar-refractivity contribution < 1.29 is 27.1 Å². The average Bonchev–Trinajstić information content (AvgIpc) is 2.98. The molecule has 1 fully saturated rings.